The lowest BCUT2D eigenvalue weighted by Gasteiger charge is -2.13. The van der Waals surface area contributed by atoms with Crippen LogP contribution in [0.1, 0.15) is 15.9 Å². The van der Waals surface area contributed by atoms with Crippen molar-refractivity contribution in [3.05, 3.63) is 56.9 Å². The first-order valence-electron chi connectivity index (χ1n) is 5.45. The van der Waals surface area contributed by atoms with E-state index in [0.717, 1.165) is 31.1 Å². The number of Topliss-reactive ketones (excluding diaryl/α,β-unsaturated/α-hetero) is 1. The summed E-state index contributed by atoms with van der Waals surface area (Å²) in [5.41, 5.74) is 2.80. The number of ketones is 1. The van der Waals surface area contributed by atoms with Crippen molar-refractivity contribution >= 4 is 50.9 Å². The van der Waals surface area contributed by atoms with E-state index in [1.165, 1.54) is 0 Å². The molecular weight excluding hydrogens is 328 g/mol. The summed E-state index contributed by atoms with van der Waals surface area (Å²) in [7, 11) is 0. The van der Waals surface area contributed by atoms with Crippen LogP contribution < -0.4 is 0 Å². The standard InChI is InChI=1S/C14H9BrOS2/c15-11-3-1-2-9(7-11)6-10-8-18-14-12(13(10)16)4-5-17-14/h1-7H,8H2/b10-6-. The number of thioether (sulfide) groups is 1. The maximum absolute atomic E-state index is 12.3. The highest BCUT2D eigenvalue weighted by Gasteiger charge is 2.23. The zero-order valence-corrected chi connectivity index (χ0v) is 12.6. The molecule has 90 valence electrons. The van der Waals surface area contributed by atoms with Crippen LogP contribution in [0.15, 0.2) is 50.0 Å². The number of benzene rings is 1. The van der Waals surface area contributed by atoms with Crippen molar-refractivity contribution in [3.8, 4) is 0 Å². The van der Waals surface area contributed by atoms with Gasteiger partial charge >= 0.3 is 0 Å². The molecule has 1 aromatic carbocycles. The summed E-state index contributed by atoms with van der Waals surface area (Å²) in [6.45, 7) is 0. The molecule has 1 aromatic heterocycles. The molecule has 0 saturated carbocycles. The first-order valence-corrected chi connectivity index (χ1v) is 8.11. The summed E-state index contributed by atoms with van der Waals surface area (Å²) in [5, 5.41) is 1.98. The summed E-state index contributed by atoms with van der Waals surface area (Å²) in [6.07, 6.45) is 1.99. The van der Waals surface area contributed by atoms with E-state index in [4.69, 9.17) is 0 Å². The van der Waals surface area contributed by atoms with Gasteiger partial charge in [-0.3, -0.25) is 4.79 Å². The van der Waals surface area contributed by atoms with Crippen LogP contribution in [0, 0.1) is 0 Å². The van der Waals surface area contributed by atoms with E-state index >= 15 is 0 Å². The quantitative estimate of drug-likeness (QED) is 0.690. The molecule has 1 nitrogen and oxygen atoms in total. The lowest BCUT2D eigenvalue weighted by molar-refractivity contribution is 0.103. The molecule has 0 saturated heterocycles. The second-order valence-electron chi connectivity index (χ2n) is 3.96. The number of halogens is 1. The fraction of sp³-hybridized carbons (Fsp3) is 0.0714. The van der Waals surface area contributed by atoms with Gasteiger partial charge in [-0.05, 0) is 35.2 Å². The second-order valence-corrected chi connectivity index (χ2v) is 7.04. The van der Waals surface area contributed by atoms with Gasteiger partial charge in [0.05, 0.1) is 4.21 Å². The number of thiophene rings is 1. The predicted molar refractivity (Wildman–Crippen MR) is 81.5 cm³/mol. The van der Waals surface area contributed by atoms with E-state index in [1.807, 2.05) is 41.8 Å². The molecule has 18 heavy (non-hydrogen) atoms. The normalized spacial score (nSPS) is 16.9. The molecule has 3 rings (SSSR count). The molecule has 0 atom stereocenters. The van der Waals surface area contributed by atoms with Gasteiger partial charge in [0.2, 0.25) is 0 Å². The average Bonchev–Trinajstić information content (AvgIpc) is 2.82. The van der Waals surface area contributed by atoms with Gasteiger partial charge in [0.25, 0.3) is 0 Å². The Balaban J connectivity index is 1.97. The fourth-order valence-electron chi connectivity index (χ4n) is 1.86. The van der Waals surface area contributed by atoms with E-state index in [1.54, 1.807) is 23.1 Å². The highest BCUT2D eigenvalue weighted by molar-refractivity contribution is 9.10. The number of carbonyl (C=O) groups excluding carboxylic acids is 1. The Morgan fingerprint density at radius 2 is 2.17 bits per heavy atom. The SMILES string of the molecule is O=C1/C(=C\c2cccc(Br)c2)CSc2sccc21. The number of hydrogen-bond acceptors (Lipinski definition) is 3. The van der Waals surface area contributed by atoms with Crippen LogP contribution in [0.25, 0.3) is 6.08 Å². The van der Waals surface area contributed by atoms with Crippen LogP contribution in [-0.2, 0) is 0 Å². The first kappa shape index (κ1) is 12.2. The Bertz CT molecular complexity index is 643. The van der Waals surface area contributed by atoms with Gasteiger partial charge in [0, 0.05) is 21.4 Å². The van der Waals surface area contributed by atoms with Crippen LogP contribution >= 0.6 is 39.0 Å². The molecule has 0 spiro atoms. The van der Waals surface area contributed by atoms with Crippen LogP contribution in [0.2, 0.25) is 0 Å². The number of carbonyl (C=O) groups is 1. The third-order valence-electron chi connectivity index (χ3n) is 2.71. The Labute approximate surface area is 122 Å². The highest BCUT2D eigenvalue weighted by atomic mass is 79.9. The molecule has 0 N–H and O–H groups in total. The van der Waals surface area contributed by atoms with Crippen molar-refractivity contribution in [1.29, 1.82) is 0 Å². The third-order valence-corrected chi connectivity index (χ3v) is 5.49. The van der Waals surface area contributed by atoms with Gasteiger partial charge < -0.3 is 0 Å². The van der Waals surface area contributed by atoms with Crippen LogP contribution in [0.3, 0.4) is 0 Å². The van der Waals surface area contributed by atoms with Gasteiger partial charge in [-0.15, -0.1) is 23.1 Å². The van der Waals surface area contributed by atoms with Gasteiger partial charge in [-0.1, -0.05) is 28.1 Å². The topological polar surface area (TPSA) is 17.1 Å². The maximum Gasteiger partial charge on any atom is 0.191 e. The minimum atomic E-state index is 0.171. The minimum Gasteiger partial charge on any atom is -0.289 e. The molecule has 2 heterocycles. The van der Waals surface area contributed by atoms with E-state index in [9.17, 15) is 4.79 Å². The van der Waals surface area contributed by atoms with Crippen molar-refractivity contribution < 1.29 is 4.79 Å². The van der Waals surface area contributed by atoms with Crippen LogP contribution in [0.5, 0.6) is 0 Å². The van der Waals surface area contributed by atoms with Crippen LogP contribution in [0.4, 0.5) is 0 Å². The van der Waals surface area contributed by atoms with Crippen molar-refractivity contribution in [2.75, 3.05) is 5.75 Å². The summed E-state index contributed by atoms with van der Waals surface area (Å²) in [4.78, 5) is 12.3. The fourth-order valence-corrected chi connectivity index (χ4v) is 4.33. The molecule has 1 aliphatic rings. The van der Waals surface area contributed by atoms with Crippen molar-refractivity contribution in [3.63, 3.8) is 0 Å². The van der Waals surface area contributed by atoms with E-state index < -0.39 is 0 Å². The Kier molecular flexibility index (Phi) is 3.41. The largest absolute Gasteiger partial charge is 0.289 e. The Hall–Kier alpha value is -0.840. The molecule has 0 fully saturated rings. The number of hydrogen-bond donors (Lipinski definition) is 0. The van der Waals surface area contributed by atoms with E-state index in [0.29, 0.717) is 0 Å². The maximum atomic E-state index is 12.3. The second kappa shape index (κ2) is 5.03. The molecule has 0 amide bonds. The predicted octanol–water partition coefficient (Wildman–Crippen LogP) is 4.88. The smallest absolute Gasteiger partial charge is 0.191 e. The van der Waals surface area contributed by atoms with Crippen molar-refractivity contribution in [2.24, 2.45) is 0 Å². The molecule has 0 bridgehead atoms. The molecule has 4 heteroatoms. The van der Waals surface area contributed by atoms with Crippen molar-refractivity contribution in [2.45, 2.75) is 4.21 Å². The third kappa shape index (κ3) is 2.32. The van der Waals surface area contributed by atoms with Gasteiger partial charge in [0.1, 0.15) is 0 Å². The van der Waals surface area contributed by atoms with Gasteiger partial charge in [-0.2, -0.15) is 0 Å². The van der Waals surface area contributed by atoms with Crippen LogP contribution in [-0.4, -0.2) is 11.5 Å². The summed E-state index contributed by atoms with van der Waals surface area (Å²) in [6, 6.07) is 9.92. The average molecular weight is 337 g/mol. The van der Waals surface area contributed by atoms with Gasteiger partial charge in [0.15, 0.2) is 5.78 Å². The Morgan fingerprint density at radius 3 is 3.00 bits per heavy atom. The summed E-state index contributed by atoms with van der Waals surface area (Å²) in [5.74, 6) is 0.934. The molecule has 0 radical (unpaired) electrons. The van der Waals surface area contributed by atoms with Crippen molar-refractivity contribution in [1.82, 2.24) is 0 Å². The molecular formula is C14H9BrOS2. The monoisotopic (exact) mass is 336 g/mol. The lowest BCUT2D eigenvalue weighted by atomic mass is 10.0. The number of rotatable bonds is 1. The van der Waals surface area contributed by atoms with Gasteiger partial charge in [-0.25, -0.2) is 0 Å². The summed E-state index contributed by atoms with van der Waals surface area (Å²) >= 11 is 6.84. The minimum absolute atomic E-state index is 0.171. The molecule has 2 aromatic rings. The number of fused-ring (bicyclic) bond motifs is 1. The lowest BCUT2D eigenvalue weighted by Crippen LogP contribution is -2.10. The van der Waals surface area contributed by atoms with E-state index in [2.05, 4.69) is 15.9 Å². The highest BCUT2D eigenvalue weighted by Crippen LogP contribution is 2.37. The molecule has 0 aliphatic carbocycles. The zero-order chi connectivity index (χ0) is 12.5. The van der Waals surface area contributed by atoms with E-state index in [-0.39, 0.29) is 5.78 Å². The zero-order valence-electron chi connectivity index (χ0n) is 9.35. The Morgan fingerprint density at radius 1 is 1.28 bits per heavy atom. The summed E-state index contributed by atoms with van der Waals surface area (Å²) < 4.78 is 2.18. The molecule has 0 unspecified atom stereocenters. The first-order chi connectivity index (χ1) is 8.74. The molecule has 1 aliphatic heterocycles.